The average Bonchev–Trinajstić information content (AvgIpc) is 3.28. The van der Waals surface area contributed by atoms with Crippen molar-refractivity contribution in [1.82, 2.24) is 20.1 Å². The van der Waals surface area contributed by atoms with Crippen molar-refractivity contribution in [3.05, 3.63) is 63.6 Å². The Morgan fingerprint density at radius 1 is 1.23 bits per heavy atom. The number of benzene rings is 1. The number of thiophene rings is 1. The molecule has 156 valence electrons. The number of nitrogens with zero attached hydrogens (tertiary/aromatic N) is 3. The summed E-state index contributed by atoms with van der Waals surface area (Å²) in [5.41, 5.74) is 1.64. The first-order valence-corrected chi connectivity index (χ1v) is 11.9. The summed E-state index contributed by atoms with van der Waals surface area (Å²) >= 11 is 3.18. The van der Waals surface area contributed by atoms with E-state index in [2.05, 4.69) is 31.5 Å². The monoisotopic (exact) mass is 440 g/mol. The van der Waals surface area contributed by atoms with Crippen molar-refractivity contribution in [2.24, 2.45) is 0 Å². The molecule has 8 heteroatoms. The molecule has 1 fully saturated rings. The number of Topliss-reactive ketones (excluding diaryl/α,β-unsaturated/α-hetero) is 1. The van der Waals surface area contributed by atoms with Gasteiger partial charge in [-0.25, -0.2) is 0 Å². The van der Waals surface area contributed by atoms with Crippen LogP contribution in [0.1, 0.15) is 65.4 Å². The molecule has 1 aliphatic carbocycles. The highest BCUT2D eigenvalue weighted by Crippen LogP contribution is 2.39. The molecule has 30 heavy (non-hydrogen) atoms. The number of hydrogen-bond donors (Lipinski definition) is 1. The SMILES string of the molecule is CC(=O)N[C@@H](C)c1ccc(C(=O)CSc2nnc(Cc3cccs3)n2C2CC2)cc1. The lowest BCUT2D eigenvalue weighted by Crippen LogP contribution is -2.23. The zero-order valence-electron chi connectivity index (χ0n) is 17.0. The van der Waals surface area contributed by atoms with E-state index in [1.807, 2.05) is 37.3 Å². The van der Waals surface area contributed by atoms with E-state index < -0.39 is 0 Å². The first-order valence-electron chi connectivity index (χ1n) is 10.0. The smallest absolute Gasteiger partial charge is 0.217 e. The summed E-state index contributed by atoms with van der Waals surface area (Å²) < 4.78 is 2.22. The Kier molecular flexibility index (Phi) is 6.34. The van der Waals surface area contributed by atoms with E-state index in [1.54, 1.807) is 11.3 Å². The molecule has 0 spiro atoms. The van der Waals surface area contributed by atoms with Gasteiger partial charge in [-0.05, 0) is 36.8 Å². The van der Waals surface area contributed by atoms with E-state index >= 15 is 0 Å². The lowest BCUT2D eigenvalue weighted by Gasteiger charge is -2.13. The Balaban J connectivity index is 1.40. The number of nitrogens with one attached hydrogen (secondary N) is 1. The number of thioether (sulfide) groups is 1. The Morgan fingerprint density at radius 3 is 2.63 bits per heavy atom. The number of hydrogen-bond acceptors (Lipinski definition) is 6. The fourth-order valence-corrected chi connectivity index (χ4v) is 4.97. The fourth-order valence-electron chi connectivity index (χ4n) is 3.35. The summed E-state index contributed by atoms with van der Waals surface area (Å²) in [5.74, 6) is 1.29. The molecule has 2 aromatic heterocycles. The van der Waals surface area contributed by atoms with Gasteiger partial charge in [0.05, 0.1) is 11.8 Å². The molecule has 6 nitrogen and oxygen atoms in total. The predicted octanol–water partition coefficient (Wildman–Crippen LogP) is 4.44. The number of carbonyl (C=O) groups excluding carboxylic acids is 2. The lowest BCUT2D eigenvalue weighted by molar-refractivity contribution is -0.119. The highest BCUT2D eigenvalue weighted by Gasteiger charge is 2.30. The van der Waals surface area contributed by atoms with E-state index in [4.69, 9.17) is 0 Å². The summed E-state index contributed by atoms with van der Waals surface area (Å²) in [7, 11) is 0. The van der Waals surface area contributed by atoms with Crippen molar-refractivity contribution in [2.45, 2.75) is 50.4 Å². The van der Waals surface area contributed by atoms with Crippen LogP contribution in [0, 0.1) is 0 Å². The van der Waals surface area contributed by atoms with Crippen molar-refractivity contribution >= 4 is 34.8 Å². The fraction of sp³-hybridized carbons (Fsp3) is 0.364. The topological polar surface area (TPSA) is 76.9 Å². The molecule has 2 heterocycles. The third kappa shape index (κ3) is 4.99. The summed E-state index contributed by atoms with van der Waals surface area (Å²) in [6.07, 6.45) is 3.07. The van der Waals surface area contributed by atoms with Gasteiger partial charge in [0.15, 0.2) is 10.9 Å². The predicted molar refractivity (Wildman–Crippen MR) is 119 cm³/mol. The second kappa shape index (κ2) is 9.14. The molecular weight excluding hydrogens is 416 g/mol. The zero-order valence-corrected chi connectivity index (χ0v) is 18.6. The van der Waals surface area contributed by atoms with Gasteiger partial charge in [-0.15, -0.1) is 21.5 Å². The van der Waals surface area contributed by atoms with Crippen LogP contribution in [0.2, 0.25) is 0 Å². The Hall–Kier alpha value is -2.45. The first kappa shape index (κ1) is 20.8. The highest BCUT2D eigenvalue weighted by molar-refractivity contribution is 7.99. The minimum absolute atomic E-state index is 0.0592. The van der Waals surface area contributed by atoms with E-state index in [-0.39, 0.29) is 17.7 Å². The van der Waals surface area contributed by atoms with Gasteiger partial charge in [0.2, 0.25) is 5.91 Å². The maximum Gasteiger partial charge on any atom is 0.217 e. The average molecular weight is 441 g/mol. The molecular formula is C22H24N4O2S2. The van der Waals surface area contributed by atoms with Crippen LogP contribution in [-0.2, 0) is 11.2 Å². The molecule has 1 saturated carbocycles. The molecule has 1 atom stereocenters. The molecule has 1 aromatic carbocycles. The van der Waals surface area contributed by atoms with E-state index in [9.17, 15) is 9.59 Å². The molecule has 0 radical (unpaired) electrons. The van der Waals surface area contributed by atoms with Crippen LogP contribution in [0.3, 0.4) is 0 Å². The van der Waals surface area contributed by atoms with Gasteiger partial charge in [-0.3, -0.25) is 9.59 Å². The van der Waals surface area contributed by atoms with Crippen LogP contribution in [0.4, 0.5) is 0 Å². The third-order valence-corrected chi connectivity index (χ3v) is 6.86. The molecule has 1 amide bonds. The molecule has 0 bridgehead atoms. The number of rotatable bonds is 9. The van der Waals surface area contributed by atoms with Crippen molar-refractivity contribution in [3.8, 4) is 0 Å². The van der Waals surface area contributed by atoms with Crippen molar-refractivity contribution < 1.29 is 9.59 Å². The second-order valence-electron chi connectivity index (χ2n) is 7.51. The maximum atomic E-state index is 12.7. The summed E-state index contributed by atoms with van der Waals surface area (Å²) in [6, 6.07) is 12.0. The molecule has 1 N–H and O–H groups in total. The van der Waals surface area contributed by atoms with Crippen LogP contribution in [0.5, 0.6) is 0 Å². The third-order valence-electron chi connectivity index (χ3n) is 5.04. The minimum Gasteiger partial charge on any atom is -0.350 e. The van der Waals surface area contributed by atoms with E-state index in [0.717, 1.165) is 35.8 Å². The Labute approximate surface area is 184 Å². The number of carbonyl (C=O) groups is 2. The van der Waals surface area contributed by atoms with Crippen molar-refractivity contribution in [2.75, 3.05) is 5.75 Å². The van der Waals surface area contributed by atoms with Crippen LogP contribution in [0.25, 0.3) is 0 Å². The molecule has 0 saturated heterocycles. The van der Waals surface area contributed by atoms with Gasteiger partial charge in [-0.1, -0.05) is 42.1 Å². The van der Waals surface area contributed by atoms with Crippen LogP contribution in [-0.4, -0.2) is 32.2 Å². The normalized spacial score (nSPS) is 14.5. The largest absolute Gasteiger partial charge is 0.350 e. The van der Waals surface area contributed by atoms with Gasteiger partial charge < -0.3 is 9.88 Å². The molecule has 3 aromatic rings. The summed E-state index contributed by atoms with van der Waals surface area (Å²) in [6.45, 7) is 3.42. The van der Waals surface area contributed by atoms with Crippen molar-refractivity contribution in [3.63, 3.8) is 0 Å². The van der Waals surface area contributed by atoms with E-state index in [1.165, 1.54) is 23.6 Å². The van der Waals surface area contributed by atoms with E-state index in [0.29, 0.717) is 17.4 Å². The zero-order chi connectivity index (χ0) is 21.1. The van der Waals surface area contributed by atoms with Crippen LogP contribution < -0.4 is 5.32 Å². The second-order valence-corrected chi connectivity index (χ2v) is 9.49. The molecule has 0 unspecified atom stereocenters. The minimum atomic E-state index is -0.0834. The van der Waals surface area contributed by atoms with Crippen molar-refractivity contribution in [1.29, 1.82) is 0 Å². The van der Waals surface area contributed by atoms with Gasteiger partial charge in [0.25, 0.3) is 0 Å². The quantitative estimate of drug-likeness (QED) is 0.393. The van der Waals surface area contributed by atoms with Crippen LogP contribution >= 0.6 is 23.1 Å². The van der Waals surface area contributed by atoms with Crippen LogP contribution in [0.15, 0.2) is 46.9 Å². The Morgan fingerprint density at radius 2 is 2.00 bits per heavy atom. The molecule has 1 aliphatic rings. The van der Waals surface area contributed by atoms with Gasteiger partial charge in [0, 0.05) is 29.8 Å². The molecule has 0 aliphatic heterocycles. The summed E-state index contributed by atoms with van der Waals surface area (Å²) in [4.78, 5) is 25.2. The van der Waals surface area contributed by atoms with Gasteiger partial charge in [-0.2, -0.15) is 0 Å². The van der Waals surface area contributed by atoms with Gasteiger partial charge >= 0.3 is 0 Å². The number of aromatic nitrogens is 3. The molecule has 4 rings (SSSR count). The summed E-state index contributed by atoms with van der Waals surface area (Å²) in [5, 5.41) is 14.5. The first-order chi connectivity index (χ1) is 14.5. The highest BCUT2D eigenvalue weighted by atomic mass is 32.2. The van der Waals surface area contributed by atoms with Gasteiger partial charge in [0.1, 0.15) is 5.82 Å². The lowest BCUT2D eigenvalue weighted by atomic mass is 10.0. The maximum absolute atomic E-state index is 12.7. The standard InChI is InChI=1S/C22H24N4O2S2/c1-14(23-15(2)27)16-5-7-17(8-6-16)20(28)13-30-22-25-24-21(26(22)18-9-10-18)12-19-4-3-11-29-19/h3-8,11,14,18H,9-10,12-13H2,1-2H3,(H,23,27)/t14-/m0/s1. The number of amides is 1. The Bertz CT molecular complexity index is 1020. The number of ketones is 1.